The highest BCUT2D eigenvalue weighted by Gasteiger charge is 2.40. The van der Waals surface area contributed by atoms with E-state index in [4.69, 9.17) is 0 Å². The van der Waals surface area contributed by atoms with Crippen molar-refractivity contribution in [3.8, 4) is 5.75 Å². The van der Waals surface area contributed by atoms with Gasteiger partial charge in [-0.05, 0) is 115 Å². The number of likely N-dealkylation sites (tertiary alicyclic amines) is 1. The second-order valence-electron chi connectivity index (χ2n) is 10.7. The average molecular weight is 465 g/mol. The fraction of sp³-hybridized carbons (Fsp3) is 0.375. The van der Waals surface area contributed by atoms with Crippen LogP contribution in [0.5, 0.6) is 5.75 Å². The number of hydrogen-bond acceptors (Lipinski definition) is 3. The van der Waals surface area contributed by atoms with Crippen LogP contribution in [0.1, 0.15) is 54.9 Å². The summed E-state index contributed by atoms with van der Waals surface area (Å²) in [7, 11) is 0. The van der Waals surface area contributed by atoms with Crippen LogP contribution in [0.3, 0.4) is 0 Å². The molecule has 3 aromatic carbocycles. The number of aromatic hydroxyl groups is 1. The molecule has 0 atom stereocenters. The SMILES string of the molecule is CCN1CCC2(CC1)CCN(c1ccc(C3=C(c4ccccc4)CCc4cc(O)ccc43)cc1)C2. The lowest BCUT2D eigenvalue weighted by Gasteiger charge is -2.39. The van der Waals surface area contributed by atoms with Gasteiger partial charge in [-0.2, -0.15) is 0 Å². The molecule has 0 radical (unpaired) electrons. The zero-order chi connectivity index (χ0) is 23.8. The quantitative estimate of drug-likeness (QED) is 0.471. The molecule has 2 saturated heterocycles. The number of anilines is 1. The Morgan fingerprint density at radius 3 is 2.29 bits per heavy atom. The topological polar surface area (TPSA) is 26.7 Å². The Labute approximate surface area is 209 Å². The van der Waals surface area contributed by atoms with E-state index in [2.05, 4.69) is 77.4 Å². The van der Waals surface area contributed by atoms with Crippen LogP contribution in [0, 0.1) is 5.41 Å². The molecule has 3 nitrogen and oxygen atoms in total. The van der Waals surface area contributed by atoms with E-state index in [1.54, 1.807) is 0 Å². The van der Waals surface area contributed by atoms with Crippen LogP contribution in [0.4, 0.5) is 5.69 Å². The van der Waals surface area contributed by atoms with Gasteiger partial charge in [-0.25, -0.2) is 0 Å². The molecule has 0 bridgehead atoms. The molecule has 6 rings (SSSR count). The summed E-state index contributed by atoms with van der Waals surface area (Å²) in [6.07, 6.45) is 5.95. The van der Waals surface area contributed by atoms with Gasteiger partial charge in [-0.1, -0.05) is 55.5 Å². The van der Waals surface area contributed by atoms with Crippen LogP contribution in [0.15, 0.2) is 72.8 Å². The first kappa shape index (κ1) is 22.4. The van der Waals surface area contributed by atoms with E-state index >= 15 is 0 Å². The molecule has 180 valence electrons. The largest absolute Gasteiger partial charge is 0.508 e. The molecule has 3 aliphatic rings. The average Bonchev–Trinajstić information content (AvgIpc) is 3.32. The Kier molecular flexibility index (Phi) is 5.89. The number of hydrogen-bond donors (Lipinski definition) is 1. The van der Waals surface area contributed by atoms with Crippen LogP contribution in [0.2, 0.25) is 0 Å². The van der Waals surface area contributed by atoms with E-state index in [1.165, 1.54) is 91.1 Å². The van der Waals surface area contributed by atoms with Crippen LogP contribution in [-0.4, -0.2) is 42.7 Å². The number of nitrogens with zero attached hydrogens (tertiary/aromatic N) is 2. The van der Waals surface area contributed by atoms with Crippen molar-refractivity contribution < 1.29 is 5.11 Å². The maximum atomic E-state index is 10.1. The van der Waals surface area contributed by atoms with E-state index < -0.39 is 0 Å². The van der Waals surface area contributed by atoms with Gasteiger partial charge in [0.05, 0.1) is 0 Å². The Hall–Kier alpha value is -3.04. The number of fused-ring (bicyclic) bond motifs is 1. The van der Waals surface area contributed by atoms with Crippen molar-refractivity contribution in [2.24, 2.45) is 5.41 Å². The van der Waals surface area contributed by atoms with Gasteiger partial charge in [0.25, 0.3) is 0 Å². The van der Waals surface area contributed by atoms with Gasteiger partial charge in [0, 0.05) is 18.8 Å². The highest BCUT2D eigenvalue weighted by atomic mass is 16.3. The molecule has 0 saturated carbocycles. The van der Waals surface area contributed by atoms with E-state index in [-0.39, 0.29) is 0 Å². The summed E-state index contributed by atoms with van der Waals surface area (Å²) < 4.78 is 0. The number of phenols is 1. The predicted molar refractivity (Wildman–Crippen MR) is 146 cm³/mol. The third-order valence-corrected chi connectivity index (χ3v) is 8.75. The minimum atomic E-state index is 0.356. The molecular formula is C32H36N2O. The lowest BCUT2D eigenvalue weighted by Crippen LogP contribution is -2.41. The standard InChI is InChI=1S/C32H36N2O/c1-2-33-19-16-32(17-20-33)18-21-34(23-32)27-11-8-25(9-12-27)31-29(24-6-4-3-5-7-24)14-10-26-22-28(35)13-15-30(26)31/h3-9,11-13,15,22,35H,2,10,14,16-21,23H2,1H3. The van der Waals surface area contributed by atoms with Crippen molar-refractivity contribution in [1.29, 1.82) is 0 Å². The van der Waals surface area contributed by atoms with Crippen molar-refractivity contribution in [2.45, 2.75) is 39.0 Å². The molecule has 0 unspecified atom stereocenters. The zero-order valence-corrected chi connectivity index (χ0v) is 20.8. The third-order valence-electron chi connectivity index (χ3n) is 8.75. The predicted octanol–water partition coefficient (Wildman–Crippen LogP) is 6.61. The van der Waals surface area contributed by atoms with Crippen LogP contribution < -0.4 is 4.90 Å². The van der Waals surface area contributed by atoms with Gasteiger partial charge in [-0.3, -0.25) is 0 Å². The minimum absolute atomic E-state index is 0.356. The number of rotatable bonds is 4. The summed E-state index contributed by atoms with van der Waals surface area (Å²) in [5.74, 6) is 0.356. The lowest BCUT2D eigenvalue weighted by molar-refractivity contribution is 0.125. The zero-order valence-electron chi connectivity index (χ0n) is 20.8. The van der Waals surface area contributed by atoms with Gasteiger partial charge in [0.2, 0.25) is 0 Å². The van der Waals surface area contributed by atoms with Crippen molar-refractivity contribution >= 4 is 16.8 Å². The van der Waals surface area contributed by atoms with Crippen molar-refractivity contribution in [1.82, 2.24) is 4.90 Å². The van der Waals surface area contributed by atoms with Crippen LogP contribution in [-0.2, 0) is 6.42 Å². The van der Waals surface area contributed by atoms with Crippen molar-refractivity contribution in [3.63, 3.8) is 0 Å². The van der Waals surface area contributed by atoms with E-state index in [0.717, 1.165) is 12.8 Å². The highest BCUT2D eigenvalue weighted by molar-refractivity contribution is 6.01. The van der Waals surface area contributed by atoms with Crippen LogP contribution in [0.25, 0.3) is 11.1 Å². The third kappa shape index (κ3) is 4.27. The fourth-order valence-electron chi connectivity index (χ4n) is 6.58. The van der Waals surface area contributed by atoms with E-state index in [0.29, 0.717) is 11.2 Å². The monoisotopic (exact) mass is 464 g/mol. The first-order valence-electron chi connectivity index (χ1n) is 13.3. The van der Waals surface area contributed by atoms with Gasteiger partial charge in [0.1, 0.15) is 5.75 Å². The number of aryl methyl sites for hydroxylation is 1. The Morgan fingerprint density at radius 1 is 0.800 bits per heavy atom. The summed E-state index contributed by atoms with van der Waals surface area (Å²) >= 11 is 0. The molecule has 0 amide bonds. The van der Waals surface area contributed by atoms with Crippen LogP contribution >= 0.6 is 0 Å². The first-order chi connectivity index (χ1) is 17.1. The Morgan fingerprint density at radius 2 is 1.54 bits per heavy atom. The molecule has 1 spiro atoms. The summed E-state index contributed by atoms with van der Waals surface area (Å²) in [6, 6.07) is 26.0. The molecule has 2 heterocycles. The molecular weight excluding hydrogens is 428 g/mol. The summed E-state index contributed by atoms with van der Waals surface area (Å²) in [6.45, 7) is 8.36. The normalized spacial score (nSPS) is 19.9. The molecule has 2 aliphatic heterocycles. The summed E-state index contributed by atoms with van der Waals surface area (Å²) in [4.78, 5) is 5.22. The molecule has 3 heteroatoms. The van der Waals surface area contributed by atoms with Gasteiger partial charge in [-0.15, -0.1) is 0 Å². The fourth-order valence-corrected chi connectivity index (χ4v) is 6.58. The molecule has 1 aliphatic carbocycles. The maximum absolute atomic E-state index is 10.1. The molecule has 0 aromatic heterocycles. The molecule has 1 N–H and O–H groups in total. The van der Waals surface area contributed by atoms with E-state index in [9.17, 15) is 5.11 Å². The van der Waals surface area contributed by atoms with Crippen molar-refractivity contribution in [3.05, 3.63) is 95.1 Å². The van der Waals surface area contributed by atoms with E-state index in [1.807, 2.05) is 12.1 Å². The van der Waals surface area contributed by atoms with Gasteiger partial charge < -0.3 is 14.9 Å². The number of benzene rings is 3. The summed E-state index contributed by atoms with van der Waals surface area (Å²) in [5.41, 5.74) is 9.64. The second-order valence-corrected chi connectivity index (χ2v) is 10.7. The molecule has 2 fully saturated rings. The van der Waals surface area contributed by atoms with Crippen molar-refractivity contribution in [2.75, 3.05) is 37.6 Å². The minimum Gasteiger partial charge on any atom is -0.508 e. The number of piperidine rings is 1. The smallest absolute Gasteiger partial charge is 0.115 e. The van der Waals surface area contributed by atoms with Gasteiger partial charge in [0.15, 0.2) is 0 Å². The number of phenolic OH excluding ortho intramolecular Hbond substituents is 1. The Balaban J connectivity index is 1.31. The molecule has 35 heavy (non-hydrogen) atoms. The first-order valence-corrected chi connectivity index (χ1v) is 13.3. The highest BCUT2D eigenvalue weighted by Crippen LogP contribution is 2.44. The summed E-state index contributed by atoms with van der Waals surface area (Å²) in [5, 5.41) is 10.1. The number of allylic oxidation sites excluding steroid dienone is 1. The maximum Gasteiger partial charge on any atom is 0.115 e. The molecule has 3 aromatic rings. The lowest BCUT2D eigenvalue weighted by atomic mass is 9.78. The Bertz CT molecular complexity index is 1220. The van der Waals surface area contributed by atoms with Gasteiger partial charge >= 0.3 is 0 Å². The second kappa shape index (κ2) is 9.20.